The van der Waals surface area contributed by atoms with Gasteiger partial charge in [0.2, 0.25) is 0 Å². The van der Waals surface area contributed by atoms with E-state index in [-0.39, 0.29) is 0 Å². The lowest BCUT2D eigenvalue weighted by atomic mass is 9.93. The van der Waals surface area contributed by atoms with Gasteiger partial charge in [0.05, 0.1) is 0 Å². The van der Waals surface area contributed by atoms with Gasteiger partial charge in [0.25, 0.3) is 0 Å². The second-order valence-corrected chi connectivity index (χ2v) is 6.48. The standard InChI is InChI=1S/C14H25N/c1-11-3-2-7-14(8-6-11)9-12(14)10-15-13-4-5-13/h11-13,15H,2-10H2,1H3. The molecule has 0 bridgehead atoms. The Morgan fingerprint density at radius 3 is 2.80 bits per heavy atom. The topological polar surface area (TPSA) is 12.0 Å². The maximum Gasteiger partial charge on any atom is 0.00683 e. The van der Waals surface area contributed by atoms with E-state index >= 15 is 0 Å². The minimum atomic E-state index is 0.812. The highest BCUT2D eigenvalue weighted by atomic mass is 15.0. The predicted octanol–water partition coefficient (Wildman–Crippen LogP) is 3.34. The molecule has 0 aromatic rings. The smallest absolute Gasteiger partial charge is 0.00683 e. The second kappa shape index (κ2) is 3.76. The summed E-state index contributed by atoms with van der Waals surface area (Å²) in [6, 6.07) is 0.910. The van der Waals surface area contributed by atoms with Crippen molar-refractivity contribution >= 4 is 0 Å². The molecule has 0 radical (unpaired) electrons. The highest BCUT2D eigenvalue weighted by molar-refractivity contribution is 5.04. The van der Waals surface area contributed by atoms with Crippen molar-refractivity contribution < 1.29 is 0 Å². The average molecular weight is 207 g/mol. The van der Waals surface area contributed by atoms with Gasteiger partial charge in [-0.1, -0.05) is 26.2 Å². The third kappa shape index (κ3) is 2.22. The van der Waals surface area contributed by atoms with Crippen molar-refractivity contribution in [2.24, 2.45) is 17.3 Å². The Kier molecular flexibility index (Phi) is 2.54. The Hall–Kier alpha value is -0.0400. The van der Waals surface area contributed by atoms with Gasteiger partial charge in [0.15, 0.2) is 0 Å². The molecule has 86 valence electrons. The molecule has 3 aliphatic carbocycles. The molecule has 0 amide bonds. The van der Waals surface area contributed by atoms with Gasteiger partial charge >= 0.3 is 0 Å². The quantitative estimate of drug-likeness (QED) is 0.748. The van der Waals surface area contributed by atoms with Crippen LogP contribution < -0.4 is 5.32 Å². The minimum Gasteiger partial charge on any atom is -0.314 e. The van der Waals surface area contributed by atoms with Crippen molar-refractivity contribution in [2.75, 3.05) is 6.54 Å². The van der Waals surface area contributed by atoms with Crippen LogP contribution in [0, 0.1) is 17.3 Å². The maximum absolute atomic E-state index is 3.72. The zero-order valence-electron chi connectivity index (χ0n) is 10.1. The van der Waals surface area contributed by atoms with E-state index in [2.05, 4.69) is 12.2 Å². The van der Waals surface area contributed by atoms with E-state index in [1.165, 1.54) is 51.5 Å². The average Bonchev–Trinajstić information content (AvgIpc) is 3.09. The summed E-state index contributed by atoms with van der Waals surface area (Å²) in [6.07, 6.45) is 12.0. The Morgan fingerprint density at radius 2 is 2.00 bits per heavy atom. The number of hydrogen-bond donors (Lipinski definition) is 1. The van der Waals surface area contributed by atoms with Crippen LogP contribution in [-0.2, 0) is 0 Å². The van der Waals surface area contributed by atoms with Crippen LogP contribution in [0.5, 0.6) is 0 Å². The third-order valence-electron chi connectivity index (χ3n) is 5.10. The number of hydrogen-bond acceptors (Lipinski definition) is 1. The first kappa shape index (κ1) is 10.1. The first-order valence-corrected chi connectivity index (χ1v) is 7.02. The van der Waals surface area contributed by atoms with Gasteiger partial charge in [-0.15, -0.1) is 0 Å². The molecule has 3 saturated carbocycles. The zero-order valence-corrected chi connectivity index (χ0v) is 10.1. The highest BCUT2D eigenvalue weighted by Crippen LogP contribution is 2.60. The summed E-state index contributed by atoms with van der Waals surface area (Å²) in [5.74, 6) is 2.05. The summed E-state index contributed by atoms with van der Waals surface area (Å²) in [4.78, 5) is 0. The van der Waals surface area contributed by atoms with Crippen molar-refractivity contribution in [1.29, 1.82) is 0 Å². The van der Waals surface area contributed by atoms with Crippen LogP contribution in [0.25, 0.3) is 0 Å². The molecule has 0 aromatic heterocycles. The molecule has 0 heterocycles. The van der Waals surface area contributed by atoms with Gasteiger partial charge in [-0.05, 0) is 55.9 Å². The fourth-order valence-electron chi connectivity index (χ4n) is 3.54. The highest BCUT2D eigenvalue weighted by Gasteiger charge is 2.53. The van der Waals surface area contributed by atoms with E-state index < -0.39 is 0 Å². The molecule has 3 fully saturated rings. The molecular formula is C14H25N. The Bertz CT molecular complexity index is 233. The molecule has 3 atom stereocenters. The first-order chi connectivity index (χ1) is 7.28. The molecule has 0 aromatic carbocycles. The lowest BCUT2D eigenvalue weighted by Crippen LogP contribution is -2.21. The fourth-order valence-corrected chi connectivity index (χ4v) is 3.54. The normalized spacial score (nSPS) is 45.4. The van der Waals surface area contributed by atoms with Crippen LogP contribution >= 0.6 is 0 Å². The Labute approximate surface area is 94.0 Å². The summed E-state index contributed by atoms with van der Waals surface area (Å²) in [7, 11) is 0. The largest absolute Gasteiger partial charge is 0.314 e. The first-order valence-electron chi connectivity index (χ1n) is 7.02. The number of nitrogens with one attached hydrogen (secondary N) is 1. The van der Waals surface area contributed by atoms with Crippen molar-refractivity contribution in [3.8, 4) is 0 Å². The van der Waals surface area contributed by atoms with Gasteiger partial charge in [-0.25, -0.2) is 0 Å². The molecule has 1 spiro atoms. The summed E-state index contributed by atoms with van der Waals surface area (Å²) in [6.45, 7) is 3.78. The Balaban J connectivity index is 1.48. The fraction of sp³-hybridized carbons (Fsp3) is 1.00. The van der Waals surface area contributed by atoms with Gasteiger partial charge in [-0.3, -0.25) is 0 Å². The molecule has 1 nitrogen and oxygen atoms in total. The predicted molar refractivity (Wildman–Crippen MR) is 63.8 cm³/mol. The maximum atomic E-state index is 3.72. The summed E-state index contributed by atoms with van der Waals surface area (Å²) in [5.41, 5.74) is 0.812. The van der Waals surface area contributed by atoms with Crippen molar-refractivity contribution in [1.82, 2.24) is 5.32 Å². The zero-order chi connectivity index (χ0) is 10.3. The van der Waals surface area contributed by atoms with Crippen molar-refractivity contribution in [3.05, 3.63) is 0 Å². The molecule has 0 aliphatic heterocycles. The third-order valence-corrected chi connectivity index (χ3v) is 5.10. The molecule has 3 rings (SSSR count). The van der Waals surface area contributed by atoms with Gasteiger partial charge in [-0.2, -0.15) is 0 Å². The molecule has 0 saturated heterocycles. The number of rotatable bonds is 3. The van der Waals surface area contributed by atoms with Crippen LogP contribution in [0.3, 0.4) is 0 Å². The monoisotopic (exact) mass is 207 g/mol. The van der Waals surface area contributed by atoms with E-state index in [9.17, 15) is 0 Å². The summed E-state index contributed by atoms with van der Waals surface area (Å²) < 4.78 is 0. The van der Waals surface area contributed by atoms with Crippen LogP contribution in [-0.4, -0.2) is 12.6 Å². The summed E-state index contributed by atoms with van der Waals surface area (Å²) in [5, 5.41) is 3.72. The molecule has 3 unspecified atom stereocenters. The van der Waals surface area contributed by atoms with Crippen LogP contribution in [0.2, 0.25) is 0 Å². The van der Waals surface area contributed by atoms with Crippen LogP contribution in [0.4, 0.5) is 0 Å². The Morgan fingerprint density at radius 1 is 1.13 bits per heavy atom. The lowest BCUT2D eigenvalue weighted by Gasteiger charge is -2.14. The van der Waals surface area contributed by atoms with Gasteiger partial charge in [0.1, 0.15) is 0 Å². The van der Waals surface area contributed by atoms with Crippen LogP contribution in [0.1, 0.15) is 58.3 Å². The van der Waals surface area contributed by atoms with Crippen molar-refractivity contribution in [3.63, 3.8) is 0 Å². The van der Waals surface area contributed by atoms with Crippen molar-refractivity contribution in [2.45, 2.75) is 64.3 Å². The molecule has 3 aliphatic rings. The molecule has 1 heteroatoms. The molecule has 15 heavy (non-hydrogen) atoms. The van der Waals surface area contributed by atoms with E-state index in [1.807, 2.05) is 0 Å². The van der Waals surface area contributed by atoms with E-state index in [1.54, 1.807) is 6.42 Å². The lowest BCUT2D eigenvalue weighted by molar-refractivity contribution is 0.377. The summed E-state index contributed by atoms with van der Waals surface area (Å²) >= 11 is 0. The van der Waals surface area contributed by atoms with Gasteiger partial charge in [0, 0.05) is 6.04 Å². The van der Waals surface area contributed by atoms with Gasteiger partial charge < -0.3 is 5.32 Å². The second-order valence-electron chi connectivity index (χ2n) is 6.48. The SMILES string of the molecule is CC1CCCC2(CC1)CC2CNC1CC1. The molecule has 1 N–H and O–H groups in total. The van der Waals surface area contributed by atoms with E-state index in [4.69, 9.17) is 0 Å². The molecular weight excluding hydrogens is 182 g/mol. The van der Waals surface area contributed by atoms with E-state index in [0.29, 0.717) is 0 Å². The van der Waals surface area contributed by atoms with Crippen LogP contribution in [0.15, 0.2) is 0 Å². The minimum absolute atomic E-state index is 0.812. The van der Waals surface area contributed by atoms with E-state index in [0.717, 1.165) is 23.3 Å².